The Kier molecular flexibility index (Phi) is 26.1. The van der Waals surface area contributed by atoms with E-state index in [-0.39, 0.29) is 43.2 Å². The second-order valence-corrected chi connectivity index (χ2v) is 13.6. The van der Waals surface area contributed by atoms with E-state index in [1.54, 1.807) is 12.2 Å². The fraction of sp³-hybridized carbons (Fsp3) is 0.775. The Labute approximate surface area is 286 Å². The molecule has 0 bridgehead atoms. The summed E-state index contributed by atoms with van der Waals surface area (Å²) in [5.41, 5.74) is 0. The summed E-state index contributed by atoms with van der Waals surface area (Å²) >= 11 is 0. The van der Waals surface area contributed by atoms with Crippen LogP contribution in [0.15, 0.2) is 36.5 Å². The maximum atomic E-state index is 12.2. The molecule has 270 valence electrons. The molecule has 0 spiro atoms. The summed E-state index contributed by atoms with van der Waals surface area (Å²) in [6.45, 7) is 6.38. The third kappa shape index (κ3) is 23.7. The predicted molar refractivity (Wildman–Crippen MR) is 191 cm³/mol. The molecule has 5 atom stereocenters. The highest BCUT2D eigenvalue weighted by atomic mass is 16.6. The summed E-state index contributed by atoms with van der Waals surface area (Å²) in [5.74, 6) is 0.0764. The van der Waals surface area contributed by atoms with E-state index < -0.39 is 18.2 Å². The van der Waals surface area contributed by atoms with E-state index in [0.717, 1.165) is 57.3 Å². The van der Waals surface area contributed by atoms with E-state index in [0.29, 0.717) is 19.3 Å². The number of allylic oxidation sites excluding steroid dienone is 5. The van der Waals surface area contributed by atoms with E-state index in [1.807, 2.05) is 24.3 Å². The van der Waals surface area contributed by atoms with Gasteiger partial charge < -0.3 is 19.7 Å². The fourth-order valence-electron chi connectivity index (χ4n) is 5.76. The maximum Gasteiger partial charge on any atom is 0.305 e. The quantitative estimate of drug-likeness (QED) is 0.0449. The maximum absolute atomic E-state index is 12.2. The molecule has 0 aromatic rings. The number of carbonyl (C=O) groups is 3. The number of aliphatic hydroxyl groups excluding tert-OH is 2. The third-order valence-corrected chi connectivity index (χ3v) is 9.17. The van der Waals surface area contributed by atoms with Crippen molar-refractivity contribution in [1.82, 2.24) is 0 Å². The first kappa shape index (κ1) is 42.8. The lowest BCUT2D eigenvalue weighted by atomic mass is 9.90. The van der Waals surface area contributed by atoms with Crippen LogP contribution in [0.5, 0.6) is 0 Å². The summed E-state index contributed by atoms with van der Waals surface area (Å²) in [7, 11) is 0. The third-order valence-electron chi connectivity index (χ3n) is 9.17. The number of rotatable bonds is 30. The van der Waals surface area contributed by atoms with Crippen molar-refractivity contribution < 1.29 is 34.1 Å². The molecule has 0 heterocycles. The van der Waals surface area contributed by atoms with Gasteiger partial charge in [-0.3, -0.25) is 14.4 Å². The van der Waals surface area contributed by atoms with Gasteiger partial charge in [0.05, 0.1) is 6.10 Å². The minimum Gasteiger partial charge on any atom is -0.463 e. The van der Waals surface area contributed by atoms with Crippen LogP contribution in [0.1, 0.15) is 156 Å². The van der Waals surface area contributed by atoms with Crippen molar-refractivity contribution in [1.29, 1.82) is 0 Å². The molecule has 0 aliphatic heterocycles. The highest BCUT2D eigenvalue weighted by Gasteiger charge is 2.26. The van der Waals surface area contributed by atoms with Crippen molar-refractivity contribution in [3.8, 4) is 0 Å². The number of esters is 2. The van der Waals surface area contributed by atoms with Crippen LogP contribution in [0.2, 0.25) is 0 Å². The second-order valence-electron chi connectivity index (χ2n) is 13.6. The van der Waals surface area contributed by atoms with Gasteiger partial charge in [0, 0.05) is 18.8 Å². The molecule has 1 rings (SSSR count). The topological polar surface area (TPSA) is 110 Å². The molecular weight excluding hydrogens is 592 g/mol. The minimum absolute atomic E-state index is 0.0738. The predicted octanol–water partition coefficient (Wildman–Crippen LogP) is 9.15. The number of hydrogen-bond donors (Lipinski definition) is 2. The largest absolute Gasteiger partial charge is 0.463 e. The highest BCUT2D eigenvalue weighted by Crippen LogP contribution is 2.27. The molecule has 0 fully saturated rings. The van der Waals surface area contributed by atoms with Crippen molar-refractivity contribution >= 4 is 17.7 Å². The van der Waals surface area contributed by atoms with Crippen molar-refractivity contribution in [2.45, 2.75) is 168 Å². The summed E-state index contributed by atoms with van der Waals surface area (Å²) < 4.78 is 10.3. The Morgan fingerprint density at radius 1 is 0.787 bits per heavy atom. The Balaban J connectivity index is 2.02. The molecule has 1 aliphatic carbocycles. The van der Waals surface area contributed by atoms with Gasteiger partial charge in [-0.05, 0) is 50.0 Å². The average molecular weight is 661 g/mol. The van der Waals surface area contributed by atoms with E-state index in [1.165, 1.54) is 57.8 Å². The van der Waals surface area contributed by atoms with E-state index in [9.17, 15) is 24.6 Å². The number of aliphatic hydroxyl groups is 2. The van der Waals surface area contributed by atoms with Crippen LogP contribution in [-0.2, 0) is 23.9 Å². The first-order chi connectivity index (χ1) is 22.8. The molecule has 47 heavy (non-hydrogen) atoms. The Bertz CT molecular complexity index is 908. The van der Waals surface area contributed by atoms with Gasteiger partial charge in [-0.1, -0.05) is 141 Å². The van der Waals surface area contributed by atoms with E-state index in [4.69, 9.17) is 9.47 Å². The van der Waals surface area contributed by atoms with Gasteiger partial charge in [0.25, 0.3) is 0 Å². The molecule has 7 heteroatoms. The zero-order valence-corrected chi connectivity index (χ0v) is 30.0. The van der Waals surface area contributed by atoms with Crippen molar-refractivity contribution in [2.24, 2.45) is 17.8 Å². The van der Waals surface area contributed by atoms with Crippen molar-refractivity contribution in [2.75, 3.05) is 13.2 Å². The lowest BCUT2D eigenvalue weighted by Crippen LogP contribution is -2.25. The van der Waals surface area contributed by atoms with E-state index >= 15 is 0 Å². The first-order valence-electron chi connectivity index (χ1n) is 19.0. The van der Waals surface area contributed by atoms with Crippen LogP contribution >= 0.6 is 0 Å². The van der Waals surface area contributed by atoms with Crippen LogP contribution in [0.3, 0.4) is 0 Å². The number of unbranched alkanes of at least 4 members (excludes halogenated alkanes) is 12. The molecular formula is C40H68O7. The van der Waals surface area contributed by atoms with Crippen LogP contribution in [0.25, 0.3) is 0 Å². The number of carbonyl (C=O) groups excluding carboxylic acids is 3. The Morgan fingerprint density at radius 2 is 1.36 bits per heavy atom. The molecule has 0 aromatic carbocycles. The SMILES string of the molecule is CCCCC[C@H](O)/C=C/[C@H]1C(=O)C=C[C@@H]1C/C=C\CCCC(=O)OC[C@H](O)COC(=O)CCCCCCCCCCCCC(C)CC. The molecule has 0 amide bonds. The molecule has 7 nitrogen and oxygen atoms in total. The molecule has 0 saturated heterocycles. The first-order valence-corrected chi connectivity index (χ1v) is 19.0. The molecule has 2 N–H and O–H groups in total. The van der Waals surface area contributed by atoms with Crippen molar-refractivity contribution in [3.63, 3.8) is 0 Å². The smallest absolute Gasteiger partial charge is 0.305 e. The van der Waals surface area contributed by atoms with Gasteiger partial charge in [0.15, 0.2) is 5.78 Å². The fourth-order valence-corrected chi connectivity index (χ4v) is 5.76. The zero-order valence-electron chi connectivity index (χ0n) is 30.0. The van der Waals surface area contributed by atoms with Gasteiger partial charge in [-0.25, -0.2) is 0 Å². The molecule has 0 saturated carbocycles. The van der Waals surface area contributed by atoms with E-state index in [2.05, 4.69) is 20.8 Å². The summed E-state index contributed by atoms with van der Waals surface area (Å²) in [5, 5.41) is 20.2. The standard InChI is InChI=1S/C40H68O7/c1-4-6-17-24-35(41)28-29-37-34(27-30-38(37)43)23-19-15-16-21-26-40(45)47-32-36(42)31-46-39(44)25-20-14-12-10-8-7-9-11-13-18-22-33(3)5-2/h15,19,27-30,33-37,41-42H,4-14,16-18,20-26,31-32H2,1-3H3/b19-15-,29-28+/t33?,34-,35-,36+,37+/m0/s1. The summed E-state index contributed by atoms with van der Waals surface area (Å²) in [6, 6.07) is 0. The minimum atomic E-state index is -1.03. The Morgan fingerprint density at radius 3 is 1.98 bits per heavy atom. The lowest BCUT2D eigenvalue weighted by molar-refractivity contribution is -0.152. The highest BCUT2D eigenvalue weighted by molar-refractivity contribution is 5.95. The molecule has 1 aliphatic rings. The second kappa shape index (κ2) is 28.7. The summed E-state index contributed by atoms with van der Waals surface area (Å²) in [6.07, 6.45) is 31.0. The lowest BCUT2D eigenvalue weighted by Gasteiger charge is -2.13. The summed E-state index contributed by atoms with van der Waals surface area (Å²) in [4.78, 5) is 36.3. The zero-order chi connectivity index (χ0) is 34.5. The average Bonchev–Trinajstić information content (AvgIpc) is 3.42. The normalized spacial score (nSPS) is 18.3. The van der Waals surface area contributed by atoms with Gasteiger partial charge in [-0.2, -0.15) is 0 Å². The number of ketones is 1. The van der Waals surface area contributed by atoms with Gasteiger partial charge in [-0.15, -0.1) is 0 Å². The van der Waals surface area contributed by atoms with Crippen LogP contribution < -0.4 is 0 Å². The van der Waals surface area contributed by atoms with Gasteiger partial charge >= 0.3 is 11.9 Å². The molecule has 0 aromatic heterocycles. The molecule has 0 radical (unpaired) electrons. The number of ether oxygens (including phenoxy) is 2. The van der Waals surface area contributed by atoms with Crippen LogP contribution in [-0.4, -0.2) is 53.4 Å². The van der Waals surface area contributed by atoms with Crippen molar-refractivity contribution in [3.05, 3.63) is 36.5 Å². The monoisotopic (exact) mass is 660 g/mol. The van der Waals surface area contributed by atoms with Gasteiger partial charge in [0.2, 0.25) is 0 Å². The van der Waals surface area contributed by atoms with Crippen LogP contribution in [0, 0.1) is 17.8 Å². The van der Waals surface area contributed by atoms with Crippen LogP contribution in [0.4, 0.5) is 0 Å². The number of hydrogen-bond acceptors (Lipinski definition) is 7. The molecule has 1 unspecified atom stereocenters. The Hall–Kier alpha value is -2.25. The van der Waals surface area contributed by atoms with Gasteiger partial charge in [0.1, 0.15) is 19.3 Å².